The fraction of sp³-hybridized carbons (Fsp3) is 0.0909. The van der Waals surface area contributed by atoms with Gasteiger partial charge < -0.3 is 15.7 Å². The van der Waals surface area contributed by atoms with Crippen molar-refractivity contribution in [2.24, 2.45) is 0 Å². The summed E-state index contributed by atoms with van der Waals surface area (Å²) in [6, 6.07) is 22.5. The second-order valence-corrected chi connectivity index (χ2v) is 6.15. The van der Waals surface area contributed by atoms with Gasteiger partial charge in [0.2, 0.25) is 0 Å². The molecule has 5 heteroatoms. The Morgan fingerprint density at radius 3 is 2.11 bits per heavy atom. The molecule has 136 valence electrons. The van der Waals surface area contributed by atoms with Gasteiger partial charge in [0.25, 0.3) is 11.8 Å². The molecule has 0 saturated carbocycles. The van der Waals surface area contributed by atoms with Crippen LogP contribution in [-0.2, 0) is 0 Å². The number of anilines is 1. The number of aromatic hydroxyl groups is 1. The first-order valence-corrected chi connectivity index (χ1v) is 8.60. The van der Waals surface area contributed by atoms with Crippen LogP contribution in [-0.4, -0.2) is 16.9 Å². The van der Waals surface area contributed by atoms with Gasteiger partial charge in [-0.3, -0.25) is 9.59 Å². The molecule has 5 nitrogen and oxygen atoms in total. The highest BCUT2D eigenvalue weighted by atomic mass is 16.3. The molecular formula is C22H20N2O3. The number of amides is 2. The minimum absolute atomic E-state index is 0.0825. The lowest BCUT2D eigenvalue weighted by Gasteiger charge is -2.14. The number of nitrogens with one attached hydrogen (secondary N) is 2. The lowest BCUT2D eigenvalue weighted by atomic mass is 10.1. The topological polar surface area (TPSA) is 78.4 Å². The van der Waals surface area contributed by atoms with Gasteiger partial charge in [0.1, 0.15) is 5.75 Å². The van der Waals surface area contributed by atoms with Crippen LogP contribution in [0.25, 0.3) is 0 Å². The lowest BCUT2D eigenvalue weighted by Crippen LogP contribution is -2.26. The molecule has 3 rings (SSSR count). The van der Waals surface area contributed by atoms with Crippen LogP contribution >= 0.6 is 0 Å². The van der Waals surface area contributed by atoms with Gasteiger partial charge in [-0.2, -0.15) is 0 Å². The first kappa shape index (κ1) is 18.2. The van der Waals surface area contributed by atoms with E-state index in [0.717, 1.165) is 5.56 Å². The van der Waals surface area contributed by atoms with E-state index in [9.17, 15) is 14.7 Å². The minimum Gasteiger partial charge on any atom is -0.507 e. The maximum atomic E-state index is 12.4. The van der Waals surface area contributed by atoms with Crippen LogP contribution in [0.4, 0.5) is 5.69 Å². The van der Waals surface area contributed by atoms with Gasteiger partial charge in [0.15, 0.2) is 0 Å². The van der Waals surface area contributed by atoms with Crippen molar-refractivity contribution < 1.29 is 14.7 Å². The highest BCUT2D eigenvalue weighted by molar-refractivity contribution is 6.06. The zero-order chi connectivity index (χ0) is 19.2. The SMILES string of the molecule is C[C@H](NC(=O)c1ccc(NC(=O)c2ccccc2O)cc1)c1ccccc1. The van der Waals surface area contributed by atoms with Gasteiger partial charge in [-0.15, -0.1) is 0 Å². The molecule has 1 atom stereocenters. The van der Waals surface area contributed by atoms with E-state index < -0.39 is 5.91 Å². The van der Waals surface area contributed by atoms with E-state index in [-0.39, 0.29) is 23.3 Å². The molecule has 0 radical (unpaired) electrons. The van der Waals surface area contributed by atoms with Crippen molar-refractivity contribution in [3.63, 3.8) is 0 Å². The third-order valence-electron chi connectivity index (χ3n) is 4.20. The van der Waals surface area contributed by atoms with Crippen molar-refractivity contribution >= 4 is 17.5 Å². The molecule has 0 spiro atoms. The molecule has 0 aliphatic heterocycles. The highest BCUT2D eigenvalue weighted by Crippen LogP contribution is 2.18. The Balaban J connectivity index is 1.64. The molecule has 3 N–H and O–H groups in total. The molecule has 3 aromatic carbocycles. The monoisotopic (exact) mass is 360 g/mol. The molecule has 0 aromatic heterocycles. The normalized spacial score (nSPS) is 11.4. The summed E-state index contributed by atoms with van der Waals surface area (Å²) in [6.45, 7) is 1.92. The largest absolute Gasteiger partial charge is 0.507 e. The van der Waals surface area contributed by atoms with Crippen molar-refractivity contribution in [1.82, 2.24) is 5.32 Å². The molecule has 0 aliphatic carbocycles. The fourth-order valence-electron chi connectivity index (χ4n) is 2.67. The van der Waals surface area contributed by atoms with E-state index in [1.807, 2.05) is 37.3 Å². The number of carbonyl (C=O) groups is 2. The van der Waals surface area contributed by atoms with Crippen LogP contribution < -0.4 is 10.6 Å². The van der Waals surface area contributed by atoms with Crippen molar-refractivity contribution in [1.29, 1.82) is 0 Å². The van der Waals surface area contributed by atoms with Gasteiger partial charge >= 0.3 is 0 Å². The van der Waals surface area contributed by atoms with Crippen molar-refractivity contribution in [2.45, 2.75) is 13.0 Å². The number of phenolic OH excluding ortho intramolecular Hbond substituents is 1. The summed E-state index contributed by atoms with van der Waals surface area (Å²) in [5.41, 5.74) is 2.25. The maximum absolute atomic E-state index is 12.4. The van der Waals surface area contributed by atoms with Crippen LogP contribution in [0, 0.1) is 0 Å². The van der Waals surface area contributed by atoms with Crippen LogP contribution in [0.5, 0.6) is 5.75 Å². The number of hydrogen-bond donors (Lipinski definition) is 3. The van der Waals surface area contributed by atoms with Gasteiger partial charge in [-0.25, -0.2) is 0 Å². The Hall–Kier alpha value is -3.60. The quantitative estimate of drug-likeness (QED) is 0.640. The number of hydrogen-bond acceptors (Lipinski definition) is 3. The summed E-state index contributed by atoms with van der Waals surface area (Å²) in [5.74, 6) is -0.686. The smallest absolute Gasteiger partial charge is 0.259 e. The average Bonchev–Trinajstić information content (AvgIpc) is 2.69. The zero-order valence-corrected chi connectivity index (χ0v) is 14.8. The van der Waals surface area contributed by atoms with Gasteiger partial charge in [-0.05, 0) is 48.9 Å². The van der Waals surface area contributed by atoms with Crippen molar-refractivity contribution in [2.75, 3.05) is 5.32 Å². The highest BCUT2D eigenvalue weighted by Gasteiger charge is 2.13. The van der Waals surface area contributed by atoms with E-state index in [1.165, 1.54) is 12.1 Å². The van der Waals surface area contributed by atoms with E-state index in [0.29, 0.717) is 11.3 Å². The van der Waals surface area contributed by atoms with Gasteiger partial charge in [-0.1, -0.05) is 42.5 Å². The molecule has 3 aromatic rings. The third kappa shape index (κ3) is 4.52. The van der Waals surface area contributed by atoms with Gasteiger partial charge in [0, 0.05) is 11.3 Å². The maximum Gasteiger partial charge on any atom is 0.259 e. The van der Waals surface area contributed by atoms with Crippen LogP contribution in [0.2, 0.25) is 0 Å². The zero-order valence-electron chi connectivity index (χ0n) is 14.8. The van der Waals surface area contributed by atoms with Crippen LogP contribution in [0.3, 0.4) is 0 Å². The Labute approximate surface area is 157 Å². The molecule has 0 saturated heterocycles. The Morgan fingerprint density at radius 2 is 1.44 bits per heavy atom. The predicted octanol–water partition coefficient (Wildman–Crippen LogP) is 4.14. The molecule has 0 unspecified atom stereocenters. The van der Waals surface area contributed by atoms with Crippen molar-refractivity contribution in [3.8, 4) is 5.75 Å². The Bertz CT molecular complexity index is 937. The standard InChI is InChI=1S/C22H20N2O3/c1-15(16-7-3-2-4-8-16)23-21(26)17-11-13-18(14-12-17)24-22(27)19-9-5-6-10-20(19)25/h2-15,25H,1H3,(H,23,26)(H,24,27)/t15-/m0/s1. The molecule has 0 aliphatic rings. The molecule has 0 heterocycles. The third-order valence-corrected chi connectivity index (χ3v) is 4.20. The van der Waals surface area contributed by atoms with E-state index in [1.54, 1.807) is 36.4 Å². The predicted molar refractivity (Wildman–Crippen MR) is 105 cm³/mol. The summed E-state index contributed by atoms with van der Waals surface area (Å²) >= 11 is 0. The summed E-state index contributed by atoms with van der Waals surface area (Å²) in [5, 5.41) is 15.4. The summed E-state index contributed by atoms with van der Waals surface area (Å²) in [7, 11) is 0. The molecule has 0 fully saturated rings. The average molecular weight is 360 g/mol. The molecule has 27 heavy (non-hydrogen) atoms. The second-order valence-electron chi connectivity index (χ2n) is 6.15. The Morgan fingerprint density at radius 1 is 0.815 bits per heavy atom. The van der Waals surface area contributed by atoms with E-state index in [2.05, 4.69) is 10.6 Å². The number of benzene rings is 3. The number of carbonyl (C=O) groups excluding carboxylic acids is 2. The first-order chi connectivity index (χ1) is 13.0. The Kier molecular flexibility index (Phi) is 5.52. The molecular weight excluding hydrogens is 340 g/mol. The number of para-hydroxylation sites is 1. The van der Waals surface area contributed by atoms with Crippen LogP contribution in [0.15, 0.2) is 78.9 Å². The van der Waals surface area contributed by atoms with E-state index >= 15 is 0 Å². The summed E-state index contributed by atoms with van der Waals surface area (Å²) in [6.07, 6.45) is 0. The number of phenols is 1. The second kappa shape index (κ2) is 8.19. The fourth-order valence-corrected chi connectivity index (χ4v) is 2.67. The summed E-state index contributed by atoms with van der Waals surface area (Å²) in [4.78, 5) is 24.6. The lowest BCUT2D eigenvalue weighted by molar-refractivity contribution is 0.0939. The molecule has 2 amide bonds. The van der Waals surface area contributed by atoms with E-state index in [4.69, 9.17) is 0 Å². The molecule has 0 bridgehead atoms. The number of rotatable bonds is 5. The minimum atomic E-state index is -0.414. The first-order valence-electron chi connectivity index (χ1n) is 8.60. The van der Waals surface area contributed by atoms with Gasteiger partial charge in [0.05, 0.1) is 11.6 Å². The summed E-state index contributed by atoms with van der Waals surface area (Å²) < 4.78 is 0. The van der Waals surface area contributed by atoms with Crippen LogP contribution in [0.1, 0.15) is 39.2 Å². The van der Waals surface area contributed by atoms with Crippen molar-refractivity contribution in [3.05, 3.63) is 95.6 Å².